The largest absolute Gasteiger partial charge is 0.481 e. The number of amides is 2. The van der Waals surface area contributed by atoms with Gasteiger partial charge in [-0.3, -0.25) is 4.79 Å². The van der Waals surface area contributed by atoms with E-state index >= 15 is 0 Å². The lowest BCUT2D eigenvalue weighted by Gasteiger charge is -2.13. The first-order valence-corrected chi connectivity index (χ1v) is 5.69. The predicted molar refractivity (Wildman–Crippen MR) is 63.9 cm³/mol. The predicted octanol–water partition coefficient (Wildman–Crippen LogP) is 1.98. The minimum absolute atomic E-state index is 0.0617. The molecule has 0 saturated carbocycles. The van der Waals surface area contributed by atoms with E-state index in [0.29, 0.717) is 0 Å². The smallest absolute Gasteiger partial charge is 0.416 e. The van der Waals surface area contributed by atoms with Crippen LogP contribution in [0, 0.1) is 0 Å². The zero-order valence-corrected chi connectivity index (χ0v) is 10.3. The first-order chi connectivity index (χ1) is 9.30. The standard InChI is InChI=1S/C12H13F3N2O3/c13-12(14,15)9-4-2-1-3-8(9)7-17-11(20)16-6-5-10(18)19/h1-4H,5-7H2,(H,18,19)(H2,16,17,20). The molecule has 1 aromatic rings. The number of carbonyl (C=O) groups excluding carboxylic acids is 1. The molecule has 0 spiro atoms. The van der Waals surface area contributed by atoms with Gasteiger partial charge in [0.2, 0.25) is 0 Å². The number of carboxylic acid groups (broad SMARTS) is 1. The number of benzene rings is 1. The average molecular weight is 290 g/mol. The van der Waals surface area contributed by atoms with Gasteiger partial charge in [0.15, 0.2) is 0 Å². The monoisotopic (exact) mass is 290 g/mol. The molecule has 0 fully saturated rings. The molecule has 0 aliphatic heterocycles. The van der Waals surface area contributed by atoms with Crippen LogP contribution >= 0.6 is 0 Å². The fourth-order valence-corrected chi connectivity index (χ4v) is 1.47. The molecule has 20 heavy (non-hydrogen) atoms. The Bertz CT molecular complexity index is 489. The van der Waals surface area contributed by atoms with Gasteiger partial charge in [-0.2, -0.15) is 13.2 Å². The topological polar surface area (TPSA) is 78.4 Å². The van der Waals surface area contributed by atoms with Crippen molar-refractivity contribution in [1.29, 1.82) is 0 Å². The molecular weight excluding hydrogens is 277 g/mol. The highest BCUT2D eigenvalue weighted by Crippen LogP contribution is 2.31. The lowest BCUT2D eigenvalue weighted by atomic mass is 10.1. The molecule has 0 aliphatic rings. The number of carboxylic acids is 1. The zero-order chi connectivity index (χ0) is 15.2. The van der Waals surface area contributed by atoms with Gasteiger partial charge >= 0.3 is 18.2 Å². The van der Waals surface area contributed by atoms with Crippen molar-refractivity contribution in [2.75, 3.05) is 6.54 Å². The van der Waals surface area contributed by atoms with Crippen LogP contribution in [-0.2, 0) is 17.5 Å². The van der Waals surface area contributed by atoms with E-state index in [1.54, 1.807) is 0 Å². The quantitative estimate of drug-likeness (QED) is 0.776. The molecule has 8 heteroatoms. The summed E-state index contributed by atoms with van der Waals surface area (Å²) in [7, 11) is 0. The summed E-state index contributed by atoms with van der Waals surface area (Å²) in [5.41, 5.74) is -0.876. The normalized spacial score (nSPS) is 10.9. The van der Waals surface area contributed by atoms with Crippen LogP contribution in [0.1, 0.15) is 17.5 Å². The molecule has 1 rings (SSSR count). The highest BCUT2D eigenvalue weighted by molar-refractivity contribution is 5.75. The van der Waals surface area contributed by atoms with Crippen molar-refractivity contribution in [3.05, 3.63) is 35.4 Å². The lowest BCUT2D eigenvalue weighted by Crippen LogP contribution is -2.36. The number of aliphatic carboxylic acids is 1. The third kappa shape index (κ3) is 5.17. The van der Waals surface area contributed by atoms with E-state index in [4.69, 9.17) is 5.11 Å². The van der Waals surface area contributed by atoms with Gasteiger partial charge in [0.05, 0.1) is 12.0 Å². The molecule has 0 atom stereocenters. The van der Waals surface area contributed by atoms with Crippen LogP contribution in [0.3, 0.4) is 0 Å². The van der Waals surface area contributed by atoms with Gasteiger partial charge in [-0.15, -0.1) is 0 Å². The van der Waals surface area contributed by atoms with Crippen molar-refractivity contribution in [2.24, 2.45) is 0 Å². The minimum Gasteiger partial charge on any atom is -0.481 e. The number of hydrogen-bond acceptors (Lipinski definition) is 2. The highest BCUT2D eigenvalue weighted by Gasteiger charge is 2.32. The van der Waals surface area contributed by atoms with Gasteiger partial charge < -0.3 is 15.7 Å². The van der Waals surface area contributed by atoms with Crippen LogP contribution in [0.4, 0.5) is 18.0 Å². The van der Waals surface area contributed by atoms with Gasteiger partial charge in [-0.25, -0.2) is 4.79 Å². The highest BCUT2D eigenvalue weighted by atomic mass is 19.4. The van der Waals surface area contributed by atoms with Crippen molar-refractivity contribution in [3.8, 4) is 0 Å². The Morgan fingerprint density at radius 1 is 1.15 bits per heavy atom. The van der Waals surface area contributed by atoms with E-state index in [-0.39, 0.29) is 25.1 Å². The Morgan fingerprint density at radius 2 is 1.80 bits per heavy atom. The van der Waals surface area contributed by atoms with Gasteiger partial charge in [-0.05, 0) is 11.6 Å². The van der Waals surface area contributed by atoms with Crippen LogP contribution in [0.2, 0.25) is 0 Å². The first kappa shape index (κ1) is 15.8. The first-order valence-electron chi connectivity index (χ1n) is 5.69. The Labute approximate surface area is 112 Å². The number of carbonyl (C=O) groups is 2. The molecule has 5 nitrogen and oxygen atoms in total. The fraction of sp³-hybridized carbons (Fsp3) is 0.333. The van der Waals surface area contributed by atoms with E-state index in [0.717, 1.165) is 6.07 Å². The average Bonchev–Trinajstić information content (AvgIpc) is 2.35. The Kier molecular flexibility index (Phi) is 5.36. The number of alkyl halides is 3. The molecule has 3 N–H and O–H groups in total. The minimum atomic E-state index is -4.49. The maximum atomic E-state index is 12.7. The molecule has 0 saturated heterocycles. The van der Waals surface area contributed by atoms with Crippen LogP contribution in [-0.4, -0.2) is 23.7 Å². The van der Waals surface area contributed by atoms with Gasteiger partial charge in [0.25, 0.3) is 0 Å². The summed E-state index contributed by atoms with van der Waals surface area (Å²) < 4.78 is 38.0. The van der Waals surface area contributed by atoms with Crippen molar-refractivity contribution >= 4 is 12.0 Å². The maximum absolute atomic E-state index is 12.7. The van der Waals surface area contributed by atoms with E-state index in [1.165, 1.54) is 18.2 Å². The summed E-state index contributed by atoms with van der Waals surface area (Å²) in [6.07, 6.45) is -4.75. The summed E-state index contributed by atoms with van der Waals surface area (Å²) in [6.45, 7) is -0.392. The number of rotatable bonds is 5. The number of hydrogen-bond donors (Lipinski definition) is 3. The fourth-order valence-electron chi connectivity index (χ4n) is 1.47. The van der Waals surface area contributed by atoms with E-state index in [2.05, 4.69) is 10.6 Å². The molecule has 0 aromatic heterocycles. The molecular formula is C12H13F3N2O3. The molecule has 2 amide bonds. The van der Waals surface area contributed by atoms with E-state index in [1.807, 2.05) is 0 Å². The Morgan fingerprint density at radius 3 is 2.40 bits per heavy atom. The van der Waals surface area contributed by atoms with Crippen LogP contribution in [0.5, 0.6) is 0 Å². The number of nitrogens with one attached hydrogen (secondary N) is 2. The Hall–Kier alpha value is -2.25. The molecule has 0 heterocycles. The number of urea groups is 1. The third-order valence-corrected chi connectivity index (χ3v) is 2.39. The second kappa shape index (κ2) is 6.78. The third-order valence-electron chi connectivity index (χ3n) is 2.39. The summed E-state index contributed by atoms with van der Waals surface area (Å²) in [5, 5.41) is 12.8. The summed E-state index contributed by atoms with van der Waals surface area (Å²) in [5.74, 6) is -1.08. The molecule has 1 aromatic carbocycles. The molecule has 0 aliphatic carbocycles. The van der Waals surface area contributed by atoms with Crippen molar-refractivity contribution in [2.45, 2.75) is 19.1 Å². The summed E-state index contributed by atoms with van der Waals surface area (Å²) in [4.78, 5) is 21.5. The van der Waals surface area contributed by atoms with Gasteiger partial charge in [-0.1, -0.05) is 18.2 Å². The molecule has 0 unspecified atom stereocenters. The zero-order valence-electron chi connectivity index (χ0n) is 10.3. The van der Waals surface area contributed by atoms with E-state index in [9.17, 15) is 22.8 Å². The molecule has 0 bridgehead atoms. The SMILES string of the molecule is O=C(O)CCNC(=O)NCc1ccccc1C(F)(F)F. The Balaban J connectivity index is 2.54. The lowest BCUT2D eigenvalue weighted by molar-refractivity contribution is -0.138. The van der Waals surface area contributed by atoms with E-state index < -0.39 is 23.7 Å². The van der Waals surface area contributed by atoms with Crippen LogP contribution < -0.4 is 10.6 Å². The van der Waals surface area contributed by atoms with Crippen molar-refractivity contribution in [1.82, 2.24) is 10.6 Å². The number of halogens is 3. The van der Waals surface area contributed by atoms with Gasteiger partial charge in [0.1, 0.15) is 0 Å². The van der Waals surface area contributed by atoms with Crippen LogP contribution in [0.25, 0.3) is 0 Å². The second-order valence-electron chi connectivity index (χ2n) is 3.91. The van der Waals surface area contributed by atoms with Crippen molar-refractivity contribution < 1.29 is 27.9 Å². The molecule has 0 radical (unpaired) electrons. The van der Waals surface area contributed by atoms with Crippen LogP contribution in [0.15, 0.2) is 24.3 Å². The van der Waals surface area contributed by atoms with Gasteiger partial charge in [0, 0.05) is 13.1 Å². The molecule has 110 valence electrons. The summed E-state index contributed by atoms with van der Waals surface area (Å²) >= 11 is 0. The summed E-state index contributed by atoms with van der Waals surface area (Å²) in [6, 6.07) is 4.18. The van der Waals surface area contributed by atoms with Crippen molar-refractivity contribution in [3.63, 3.8) is 0 Å². The maximum Gasteiger partial charge on any atom is 0.416 e. The second-order valence-corrected chi connectivity index (χ2v) is 3.91.